The molecule has 0 fully saturated rings. The van der Waals surface area contributed by atoms with Gasteiger partial charge in [0.25, 0.3) is 0 Å². The van der Waals surface area contributed by atoms with Gasteiger partial charge >= 0.3 is 0 Å². The molecular weight excluding hydrogens is 308 g/mol. The Kier molecular flexibility index (Phi) is 4.77. The zero-order valence-electron chi connectivity index (χ0n) is 13.8. The van der Waals surface area contributed by atoms with Gasteiger partial charge in [0.1, 0.15) is 18.1 Å². The van der Waals surface area contributed by atoms with Crippen LogP contribution in [0.5, 0.6) is 11.6 Å². The second-order valence-electron chi connectivity index (χ2n) is 5.04. The second-order valence-corrected chi connectivity index (χ2v) is 5.04. The number of hydrogen-bond acceptors (Lipinski definition) is 6. The summed E-state index contributed by atoms with van der Waals surface area (Å²) in [5.74, 6) is 2.48. The lowest BCUT2D eigenvalue weighted by atomic mass is 10.1. The van der Waals surface area contributed by atoms with Crippen LogP contribution in [0.2, 0.25) is 0 Å². The largest absolute Gasteiger partial charge is 0.497 e. The summed E-state index contributed by atoms with van der Waals surface area (Å²) in [6, 6.07) is 11.3. The number of oxazole rings is 1. The molecule has 0 amide bonds. The van der Waals surface area contributed by atoms with Gasteiger partial charge in [-0.15, -0.1) is 0 Å². The molecular formula is C18H18N2O4. The first-order valence-corrected chi connectivity index (χ1v) is 7.38. The van der Waals surface area contributed by atoms with Crippen LogP contribution in [0.4, 0.5) is 0 Å². The predicted molar refractivity (Wildman–Crippen MR) is 89.0 cm³/mol. The number of rotatable bonds is 6. The summed E-state index contributed by atoms with van der Waals surface area (Å²) in [6.45, 7) is 0.298. The van der Waals surface area contributed by atoms with E-state index in [0.29, 0.717) is 24.1 Å². The molecule has 124 valence electrons. The third-order valence-electron chi connectivity index (χ3n) is 3.51. The van der Waals surface area contributed by atoms with E-state index in [2.05, 4.69) is 9.97 Å². The lowest BCUT2D eigenvalue weighted by molar-refractivity contribution is 0.160. The molecule has 0 saturated heterocycles. The first-order chi connectivity index (χ1) is 11.7. The van der Waals surface area contributed by atoms with Crippen molar-refractivity contribution >= 4 is 0 Å². The van der Waals surface area contributed by atoms with Crippen molar-refractivity contribution in [3.05, 3.63) is 48.5 Å². The molecule has 0 unspecified atom stereocenters. The first kappa shape index (κ1) is 16.0. The van der Waals surface area contributed by atoms with Crippen LogP contribution in [0.15, 0.2) is 47.0 Å². The number of hydrogen-bond donors (Lipinski definition) is 0. The molecule has 0 saturated carbocycles. The third kappa shape index (κ3) is 3.23. The van der Waals surface area contributed by atoms with Gasteiger partial charge in [-0.2, -0.15) is 0 Å². The maximum absolute atomic E-state index is 5.88. The Hall–Kier alpha value is -2.86. The minimum Gasteiger partial charge on any atom is -0.497 e. The fraction of sp³-hybridized carbons (Fsp3) is 0.222. The van der Waals surface area contributed by atoms with Crippen LogP contribution in [0, 0.1) is 0 Å². The van der Waals surface area contributed by atoms with E-state index in [4.69, 9.17) is 18.6 Å². The molecule has 3 rings (SSSR count). The summed E-state index contributed by atoms with van der Waals surface area (Å²) in [5.41, 5.74) is 2.47. The van der Waals surface area contributed by atoms with Gasteiger partial charge in [-0.25, -0.2) is 9.97 Å². The van der Waals surface area contributed by atoms with Crippen molar-refractivity contribution in [2.24, 2.45) is 0 Å². The van der Waals surface area contributed by atoms with E-state index in [9.17, 15) is 0 Å². The van der Waals surface area contributed by atoms with Crippen molar-refractivity contribution < 1.29 is 18.6 Å². The topological polar surface area (TPSA) is 66.6 Å². The molecule has 0 aliphatic carbocycles. The Morgan fingerprint density at radius 2 is 1.67 bits per heavy atom. The van der Waals surface area contributed by atoms with Gasteiger partial charge in [0.05, 0.1) is 14.2 Å². The zero-order valence-corrected chi connectivity index (χ0v) is 13.8. The van der Waals surface area contributed by atoms with Crippen LogP contribution in [-0.4, -0.2) is 31.3 Å². The van der Waals surface area contributed by atoms with Crippen LogP contribution in [-0.2, 0) is 11.3 Å². The minimum absolute atomic E-state index is 0.298. The van der Waals surface area contributed by atoms with Gasteiger partial charge in [0, 0.05) is 30.5 Å². The van der Waals surface area contributed by atoms with Gasteiger partial charge in [0.2, 0.25) is 11.8 Å². The van der Waals surface area contributed by atoms with Crippen molar-refractivity contribution in [3.63, 3.8) is 0 Å². The fourth-order valence-corrected chi connectivity index (χ4v) is 2.33. The molecule has 0 atom stereocenters. The number of benzene rings is 1. The Morgan fingerprint density at radius 3 is 2.25 bits per heavy atom. The smallest absolute Gasteiger partial charge is 0.221 e. The van der Waals surface area contributed by atoms with Crippen molar-refractivity contribution in [2.45, 2.75) is 6.61 Å². The van der Waals surface area contributed by atoms with Gasteiger partial charge < -0.3 is 18.6 Å². The molecule has 0 aliphatic heterocycles. The van der Waals surface area contributed by atoms with E-state index in [1.165, 1.54) is 0 Å². The van der Waals surface area contributed by atoms with E-state index >= 15 is 0 Å². The fourth-order valence-electron chi connectivity index (χ4n) is 2.33. The van der Waals surface area contributed by atoms with Crippen LogP contribution in [0.3, 0.4) is 0 Å². The van der Waals surface area contributed by atoms with Crippen LogP contribution in [0.1, 0.15) is 5.89 Å². The Morgan fingerprint density at radius 1 is 0.917 bits per heavy atom. The normalized spacial score (nSPS) is 10.6. The molecule has 6 heteroatoms. The van der Waals surface area contributed by atoms with Crippen LogP contribution < -0.4 is 9.47 Å². The third-order valence-corrected chi connectivity index (χ3v) is 3.51. The maximum Gasteiger partial charge on any atom is 0.221 e. The SMILES string of the molecule is COCc1nc(-c2ccc(OC)cc2)c(-c2ccc(OC)nc2)o1. The van der Waals surface area contributed by atoms with Crippen molar-refractivity contribution in [1.29, 1.82) is 0 Å². The summed E-state index contributed by atoms with van der Waals surface area (Å²) in [6.07, 6.45) is 1.70. The molecule has 0 radical (unpaired) electrons. The standard InChI is InChI=1S/C18H18N2O4/c1-21-11-16-20-17(12-4-7-14(22-2)8-5-12)18(24-16)13-6-9-15(23-3)19-10-13/h4-10H,11H2,1-3H3. The van der Waals surface area contributed by atoms with Gasteiger partial charge in [-0.3, -0.25) is 0 Å². The monoisotopic (exact) mass is 326 g/mol. The quantitative estimate of drug-likeness (QED) is 0.690. The van der Waals surface area contributed by atoms with E-state index in [-0.39, 0.29) is 0 Å². The molecule has 1 aromatic carbocycles. The molecule has 6 nitrogen and oxygen atoms in total. The van der Waals surface area contributed by atoms with E-state index in [1.54, 1.807) is 33.6 Å². The second kappa shape index (κ2) is 7.14. The molecule has 2 heterocycles. The van der Waals surface area contributed by atoms with E-state index in [1.807, 2.05) is 30.3 Å². The highest BCUT2D eigenvalue weighted by Gasteiger charge is 2.17. The summed E-state index contributed by atoms with van der Waals surface area (Å²) < 4.78 is 21.3. The zero-order chi connectivity index (χ0) is 16.9. The summed E-state index contributed by atoms with van der Waals surface area (Å²) in [7, 11) is 4.82. The van der Waals surface area contributed by atoms with Crippen molar-refractivity contribution in [3.8, 4) is 34.2 Å². The highest BCUT2D eigenvalue weighted by molar-refractivity contribution is 5.76. The molecule has 3 aromatic rings. The van der Waals surface area contributed by atoms with E-state index < -0.39 is 0 Å². The average molecular weight is 326 g/mol. The highest BCUT2D eigenvalue weighted by Crippen LogP contribution is 2.33. The summed E-state index contributed by atoms with van der Waals surface area (Å²) >= 11 is 0. The molecule has 24 heavy (non-hydrogen) atoms. The van der Waals surface area contributed by atoms with Gasteiger partial charge in [0.15, 0.2) is 5.76 Å². The minimum atomic E-state index is 0.298. The van der Waals surface area contributed by atoms with Gasteiger partial charge in [-0.05, 0) is 30.3 Å². The molecule has 0 aliphatic rings. The maximum atomic E-state index is 5.88. The van der Waals surface area contributed by atoms with Crippen molar-refractivity contribution in [2.75, 3.05) is 21.3 Å². The van der Waals surface area contributed by atoms with E-state index in [0.717, 1.165) is 22.6 Å². The lowest BCUT2D eigenvalue weighted by Gasteiger charge is -2.04. The van der Waals surface area contributed by atoms with Crippen LogP contribution in [0.25, 0.3) is 22.6 Å². The highest BCUT2D eigenvalue weighted by atomic mass is 16.5. The summed E-state index contributed by atoms with van der Waals surface area (Å²) in [4.78, 5) is 8.78. The van der Waals surface area contributed by atoms with Crippen molar-refractivity contribution in [1.82, 2.24) is 9.97 Å². The average Bonchev–Trinajstić information content (AvgIpc) is 3.06. The number of pyridine rings is 1. The lowest BCUT2D eigenvalue weighted by Crippen LogP contribution is -1.88. The molecule has 0 spiro atoms. The summed E-state index contributed by atoms with van der Waals surface area (Å²) in [5, 5.41) is 0. The van der Waals surface area contributed by atoms with Crippen LogP contribution >= 0.6 is 0 Å². The Balaban J connectivity index is 2.05. The first-order valence-electron chi connectivity index (χ1n) is 7.38. The number of aromatic nitrogens is 2. The molecule has 0 N–H and O–H groups in total. The van der Waals surface area contributed by atoms with Gasteiger partial charge in [-0.1, -0.05) is 0 Å². The molecule has 0 bridgehead atoms. The number of methoxy groups -OCH3 is 3. The Bertz CT molecular complexity index is 730. The predicted octanol–water partition coefficient (Wildman–Crippen LogP) is 3.57. The number of ether oxygens (including phenoxy) is 3. The number of nitrogens with zero attached hydrogens (tertiary/aromatic N) is 2. The Labute approximate surface area is 140 Å². The molecule has 2 aromatic heterocycles.